The summed E-state index contributed by atoms with van der Waals surface area (Å²) < 4.78 is 7.63. The molecular weight excluding hydrogens is 276 g/mol. The Morgan fingerprint density at radius 3 is 2.59 bits per heavy atom. The summed E-state index contributed by atoms with van der Waals surface area (Å²) in [5.74, 6) is 1.06. The number of carbonyl (C=O) groups is 1. The Kier molecular flexibility index (Phi) is 3.45. The summed E-state index contributed by atoms with van der Waals surface area (Å²) in [7, 11) is 0. The molecule has 3 aliphatic rings. The van der Waals surface area contributed by atoms with Crippen LogP contribution < -0.4 is 0 Å². The second-order valence-corrected chi connectivity index (χ2v) is 6.44. The normalized spacial score (nSPS) is 26.8. The molecule has 3 fully saturated rings. The van der Waals surface area contributed by atoms with Crippen LogP contribution in [0.3, 0.4) is 0 Å². The van der Waals surface area contributed by atoms with Gasteiger partial charge in [-0.05, 0) is 56.1 Å². The van der Waals surface area contributed by atoms with Gasteiger partial charge in [0, 0.05) is 5.69 Å². The number of hydrogen-bond donors (Lipinski definition) is 0. The van der Waals surface area contributed by atoms with Gasteiger partial charge in [0.25, 0.3) is 0 Å². The van der Waals surface area contributed by atoms with Crippen LogP contribution in [0.15, 0.2) is 42.9 Å². The summed E-state index contributed by atoms with van der Waals surface area (Å²) in [6.07, 6.45) is 9.42. The zero-order valence-electron chi connectivity index (χ0n) is 12.5. The lowest BCUT2D eigenvalue weighted by molar-refractivity contribution is -0.0310. The Labute approximate surface area is 130 Å². The molecule has 114 valence electrons. The first-order valence-electron chi connectivity index (χ1n) is 8.10. The minimum Gasteiger partial charge on any atom is -0.457 e. The third-order valence-electron chi connectivity index (χ3n) is 5.12. The lowest BCUT2D eigenvalue weighted by Crippen LogP contribution is -2.38. The maximum Gasteiger partial charge on any atom is 0.357 e. The number of carbonyl (C=O) groups excluding carboxylic acids is 1. The van der Waals surface area contributed by atoms with Gasteiger partial charge in [0.2, 0.25) is 0 Å². The highest BCUT2D eigenvalue weighted by Gasteiger charge is 2.38. The van der Waals surface area contributed by atoms with Gasteiger partial charge < -0.3 is 4.74 Å². The van der Waals surface area contributed by atoms with Crippen LogP contribution in [-0.2, 0) is 4.74 Å². The number of para-hydroxylation sites is 1. The van der Waals surface area contributed by atoms with Crippen molar-refractivity contribution in [3.05, 3.63) is 48.5 Å². The van der Waals surface area contributed by atoms with Gasteiger partial charge >= 0.3 is 5.97 Å². The van der Waals surface area contributed by atoms with Gasteiger partial charge in [-0.25, -0.2) is 9.78 Å². The zero-order chi connectivity index (χ0) is 14.9. The molecule has 1 atom stereocenters. The molecule has 3 saturated carbocycles. The van der Waals surface area contributed by atoms with E-state index in [0.717, 1.165) is 18.0 Å². The molecule has 0 saturated heterocycles. The number of hydrogen-bond acceptors (Lipinski definition) is 3. The van der Waals surface area contributed by atoms with Gasteiger partial charge in [-0.1, -0.05) is 18.2 Å². The van der Waals surface area contributed by atoms with Crippen LogP contribution in [0.25, 0.3) is 5.69 Å². The van der Waals surface area contributed by atoms with Crippen LogP contribution in [0.5, 0.6) is 0 Å². The van der Waals surface area contributed by atoms with Crippen LogP contribution in [0.4, 0.5) is 0 Å². The zero-order valence-corrected chi connectivity index (χ0v) is 12.5. The molecule has 0 N–H and O–H groups in total. The predicted octanol–water partition coefficient (Wildman–Crippen LogP) is 3.61. The molecule has 0 spiro atoms. The quantitative estimate of drug-likeness (QED) is 0.813. The number of fused-ring (bicyclic) bond motifs is 3. The number of nitrogens with zero attached hydrogens (tertiary/aromatic N) is 2. The fourth-order valence-electron chi connectivity index (χ4n) is 3.90. The third kappa shape index (κ3) is 2.43. The van der Waals surface area contributed by atoms with Gasteiger partial charge in [-0.3, -0.25) is 4.57 Å². The van der Waals surface area contributed by atoms with Crippen molar-refractivity contribution in [2.75, 3.05) is 0 Å². The fraction of sp³-hybridized carbons (Fsp3) is 0.444. The standard InChI is InChI=1S/C18H20N2O2/c21-18(22-17-10-13-6-8-14(17)9-7-13)16-11-19-12-20(16)15-4-2-1-3-5-15/h1-5,11-14,17H,6-10H2. The number of aromatic nitrogens is 2. The molecular formula is C18H20N2O2. The number of rotatable bonds is 3. The molecule has 1 unspecified atom stereocenters. The first-order chi connectivity index (χ1) is 10.8. The van der Waals surface area contributed by atoms with Crippen LogP contribution in [0, 0.1) is 11.8 Å². The Morgan fingerprint density at radius 1 is 1.14 bits per heavy atom. The van der Waals surface area contributed by atoms with E-state index in [2.05, 4.69) is 4.98 Å². The molecule has 0 aliphatic heterocycles. The van der Waals surface area contributed by atoms with Gasteiger partial charge in [-0.15, -0.1) is 0 Å². The van der Waals surface area contributed by atoms with E-state index in [0.29, 0.717) is 11.6 Å². The maximum absolute atomic E-state index is 12.6. The van der Waals surface area contributed by atoms with Crippen LogP contribution >= 0.6 is 0 Å². The van der Waals surface area contributed by atoms with E-state index >= 15 is 0 Å². The smallest absolute Gasteiger partial charge is 0.357 e. The molecule has 22 heavy (non-hydrogen) atoms. The van der Waals surface area contributed by atoms with Crippen molar-refractivity contribution in [2.24, 2.45) is 11.8 Å². The molecule has 0 radical (unpaired) electrons. The van der Waals surface area contributed by atoms with Gasteiger partial charge in [0.1, 0.15) is 6.10 Å². The Hall–Kier alpha value is -2.10. The lowest BCUT2D eigenvalue weighted by atomic mass is 9.69. The van der Waals surface area contributed by atoms with E-state index in [1.54, 1.807) is 17.1 Å². The van der Waals surface area contributed by atoms with E-state index < -0.39 is 0 Å². The minimum atomic E-state index is -0.251. The van der Waals surface area contributed by atoms with Gasteiger partial charge in [-0.2, -0.15) is 0 Å². The average molecular weight is 296 g/mol. The summed E-state index contributed by atoms with van der Waals surface area (Å²) >= 11 is 0. The van der Waals surface area contributed by atoms with Gasteiger partial charge in [0.05, 0.1) is 12.5 Å². The highest BCUT2D eigenvalue weighted by Crippen LogP contribution is 2.42. The fourth-order valence-corrected chi connectivity index (χ4v) is 3.90. The van der Waals surface area contributed by atoms with Crippen molar-refractivity contribution in [2.45, 2.75) is 38.2 Å². The summed E-state index contributed by atoms with van der Waals surface area (Å²) in [5.41, 5.74) is 1.43. The molecule has 4 heteroatoms. The van der Waals surface area contributed by atoms with Crippen molar-refractivity contribution < 1.29 is 9.53 Å². The largest absolute Gasteiger partial charge is 0.457 e. The van der Waals surface area contributed by atoms with Crippen molar-refractivity contribution in [1.82, 2.24) is 9.55 Å². The highest BCUT2D eigenvalue weighted by atomic mass is 16.5. The van der Waals surface area contributed by atoms with E-state index in [4.69, 9.17) is 4.74 Å². The van der Waals surface area contributed by atoms with E-state index in [9.17, 15) is 4.79 Å². The van der Waals surface area contributed by atoms with Gasteiger partial charge in [0.15, 0.2) is 5.69 Å². The summed E-state index contributed by atoms with van der Waals surface area (Å²) in [6, 6.07) is 9.77. The molecule has 0 amide bonds. The van der Waals surface area contributed by atoms with E-state index in [1.165, 1.54) is 25.7 Å². The Morgan fingerprint density at radius 2 is 1.91 bits per heavy atom. The topological polar surface area (TPSA) is 44.1 Å². The van der Waals surface area contributed by atoms with Crippen LogP contribution in [-0.4, -0.2) is 21.6 Å². The Bertz CT molecular complexity index is 657. The lowest BCUT2D eigenvalue weighted by Gasteiger charge is -2.41. The van der Waals surface area contributed by atoms with Crippen LogP contribution in [0.2, 0.25) is 0 Å². The summed E-state index contributed by atoms with van der Waals surface area (Å²) in [6.45, 7) is 0. The second-order valence-electron chi connectivity index (χ2n) is 6.44. The molecule has 1 aromatic heterocycles. The average Bonchev–Trinajstić information content (AvgIpc) is 3.06. The second kappa shape index (κ2) is 5.59. The number of ether oxygens (including phenoxy) is 1. The van der Waals surface area contributed by atoms with Crippen molar-refractivity contribution >= 4 is 5.97 Å². The number of benzene rings is 1. The predicted molar refractivity (Wildman–Crippen MR) is 82.8 cm³/mol. The van der Waals surface area contributed by atoms with Crippen molar-refractivity contribution in [3.63, 3.8) is 0 Å². The molecule has 2 aromatic rings. The van der Waals surface area contributed by atoms with E-state index in [-0.39, 0.29) is 12.1 Å². The minimum absolute atomic E-state index is 0.0964. The highest BCUT2D eigenvalue weighted by molar-refractivity contribution is 5.88. The molecule has 2 bridgehead atoms. The first-order valence-corrected chi connectivity index (χ1v) is 8.10. The van der Waals surface area contributed by atoms with Crippen molar-refractivity contribution in [1.29, 1.82) is 0 Å². The molecule has 1 aromatic carbocycles. The number of esters is 1. The summed E-state index contributed by atoms with van der Waals surface area (Å²) in [4.78, 5) is 16.7. The molecule has 5 rings (SSSR count). The summed E-state index contributed by atoms with van der Waals surface area (Å²) in [5, 5.41) is 0. The third-order valence-corrected chi connectivity index (χ3v) is 5.12. The van der Waals surface area contributed by atoms with Crippen LogP contribution in [0.1, 0.15) is 42.6 Å². The number of imidazole rings is 1. The Balaban J connectivity index is 1.53. The first kappa shape index (κ1) is 13.6. The molecule has 4 nitrogen and oxygen atoms in total. The monoisotopic (exact) mass is 296 g/mol. The maximum atomic E-state index is 12.6. The van der Waals surface area contributed by atoms with E-state index in [1.807, 2.05) is 30.3 Å². The molecule has 3 aliphatic carbocycles. The SMILES string of the molecule is O=C(OC1CC2CCC1CC2)c1cncn1-c1ccccc1. The molecule has 1 heterocycles. The van der Waals surface area contributed by atoms with Crippen molar-refractivity contribution in [3.8, 4) is 5.69 Å².